The summed E-state index contributed by atoms with van der Waals surface area (Å²) in [5, 5.41) is 14.2. The monoisotopic (exact) mass is 1020 g/mol. The van der Waals surface area contributed by atoms with Crippen molar-refractivity contribution in [3.8, 4) is 46.3 Å². The maximum absolute atomic E-state index is 13.0. The number of aromatic nitrogens is 12. The van der Waals surface area contributed by atoms with Crippen molar-refractivity contribution in [2.45, 2.75) is 93.4 Å². The van der Waals surface area contributed by atoms with Gasteiger partial charge in [0.1, 0.15) is 22.4 Å². The van der Waals surface area contributed by atoms with Crippen LogP contribution in [0.1, 0.15) is 64.5 Å². The van der Waals surface area contributed by atoms with Crippen LogP contribution in [0.2, 0.25) is 0 Å². The molecule has 0 aliphatic carbocycles. The summed E-state index contributed by atoms with van der Waals surface area (Å²) < 4.78 is 30.2. The largest absolute Gasteiger partial charge is 0.493 e. The highest BCUT2D eigenvalue weighted by molar-refractivity contribution is 5.92. The Morgan fingerprint density at radius 2 is 0.973 bits per heavy atom. The SMILES string of the molecule is CCCn1c(=O)c2[nH]c(-c3cc(OCC(=O)Nc4ccc(C)c(C)c4)nn3C)nc2n(CCC)c1=O.CCCn1c(=O)c2[nH]c(-c3cc(OCC(=O)Nc4ccc(OC)c(OC)c4)nn3C)nc2n(CCC)c1=O. The van der Waals surface area contributed by atoms with Crippen LogP contribution in [0.15, 0.2) is 67.7 Å². The number of methoxy groups -OCH3 is 2. The van der Waals surface area contributed by atoms with Crippen molar-refractivity contribution >= 4 is 45.5 Å². The lowest BCUT2D eigenvalue weighted by Crippen LogP contribution is -2.40. The Morgan fingerprint density at radius 1 is 0.554 bits per heavy atom. The Kier molecular flexibility index (Phi) is 16.7. The van der Waals surface area contributed by atoms with Gasteiger partial charge < -0.3 is 39.5 Å². The van der Waals surface area contributed by atoms with Crippen LogP contribution in [0, 0.1) is 13.8 Å². The fourth-order valence-electron chi connectivity index (χ4n) is 8.14. The lowest BCUT2D eigenvalue weighted by molar-refractivity contribution is -0.118. The second kappa shape index (κ2) is 23.2. The van der Waals surface area contributed by atoms with Crippen LogP contribution in [0.5, 0.6) is 23.3 Å². The second-order valence-corrected chi connectivity index (χ2v) is 17.4. The van der Waals surface area contributed by atoms with E-state index in [0.717, 1.165) is 17.5 Å². The summed E-state index contributed by atoms with van der Waals surface area (Å²) in [6, 6.07) is 13.9. The summed E-state index contributed by atoms with van der Waals surface area (Å²) in [5.74, 6) is 1.49. The molecule has 2 amide bonds. The molecule has 24 heteroatoms. The average molecular weight is 1020 g/mol. The zero-order valence-electron chi connectivity index (χ0n) is 43.2. The Morgan fingerprint density at radius 3 is 1.39 bits per heavy atom. The summed E-state index contributed by atoms with van der Waals surface area (Å²) in [4.78, 5) is 91.9. The molecule has 0 spiro atoms. The van der Waals surface area contributed by atoms with Crippen LogP contribution in [0.3, 0.4) is 0 Å². The van der Waals surface area contributed by atoms with Gasteiger partial charge in [0.15, 0.2) is 47.7 Å². The minimum absolute atomic E-state index is 0.194. The van der Waals surface area contributed by atoms with E-state index in [9.17, 15) is 28.8 Å². The average Bonchev–Trinajstić information content (AvgIpc) is 4.19. The van der Waals surface area contributed by atoms with Gasteiger partial charge in [0.05, 0.1) is 14.2 Å². The Bertz CT molecular complexity index is 3590. The summed E-state index contributed by atoms with van der Waals surface area (Å²) in [6.07, 6.45) is 2.73. The molecule has 24 nitrogen and oxygen atoms in total. The standard InChI is InChI=1S/C25H31N7O6.C25H31N7O4/c1-6-10-31-23-21(24(34)32(11-7-2)25(31)35)27-22(28-23)16-13-20(29-30(16)3)38-14-19(33)26-15-8-9-17(36-4)18(12-15)37-5;1-6-10-31-23-21(24(34)32(11-7-2)25(31)35)27-22(28-23)18-13-20(29-30(18)5)36-14-19(33)26-17-9-8-15(3)16(4)12-17/h8-9,12-13H,6-7,10-11,14H2,1-5H3,(H,26,33)(H,27,28);8-9,12-13H,6-7,10-11,14H2,1-5H3,(H,26,33)(H,27,28). The summed E-state index contributed by atoms with van der Waals surface area (Å²) >= 11 is 0. The van der Waals surface area contributed by atoms with Crippen molar-refractivity contribution in [3.63, 3.8) is 0 Å². The van der Waals surface area contributed by atoms with Crippen LogP contribution in [-0.4, -0.2) is 97.0 Å². The molecule has 8 aromatic rings. The van der Waals surface area contributed by atoms with Gasteiger partial charge >= 0.3 is 11.4 Å². The van der Waals surface area contributed by atoms with E-state index >= 15 is 0 Å². The molecule has 0 bridgehead atoms. The van der Waals surface area contributed by atoms with Crippen molar-refractivity contribution in [1.29, 1.82) is 0 Å². The van der Waals surface area contributed by atoms with Gasteiger partial charge in [-0.2, -0.15) is 0 Å². The Hall–Kier alpha value is -8.70. The van der Waals surface area contributed by atoms with Crippen molar-refractivity contribution in [2.75, 3.05) is 38.1 Å². The number of aromatic amines is 2. The molecule has 6 heterocycles. The third-order valence-corrected chi connectivity index (χ3v) is 11.9. The number of fused-ring (bicyclic) bond motifs is 2. The van der Waals surface area contributed by atoms with Gasteiger partial charge in [0.2, 0.25) is 11.8 Å². The number of imidazole rings is 2. The molecular weight excluding hydrogens is 957 g/mol. The van der Waals surface area contributed by atoms with E-state index in [-0.39, 0.29) is 53.3 Å². The van der Waals surface area contributed by atoms with Crippen LogP contribution >= 0.6 is 0 Å². The van der Waals surface area contributed by atoms with Gasteiger partial charge in [-0.25, -0.2) is 19.6 Å². The van der Waals surface area contributed by atoms with Crippen molar-refractivity contribution in [1.82, 2.24) is 57.8 Å². The molecule has 0 aliphatic rings. The predicted octanol–water partition coefficient (Wildman–Crippen LogP) is 4.88. The van der Waals surface area contributed by atoms with Gasteiger partial charge in [-0.15, -0.1) is 10.2 Å². The molecule has 0 saturated heterocycles. The Balaban J connectivity index is 0.000000217. The number of carbonyl (C=O) groups is 2. The fourth-order valence-corrected chi connectivity index (χ4v) is 8.14. The molecule has 0 atom stereocenters. The van der Waals surface area contributed by atoms with E-state index in [1.807, 2.05) is 59.7 Å². The summed E-state index contributed by atoms with van der Waals surface area (Å²) in [5.41, 5.74) is 4.09. The van der Waals surface area contributed by atoms with E-state index < -0.39 is 17.0 Å². The topological polar surface area (TPSA) is 276 Å². The van der Waals surface area contributed by atoms with Gasteiger partial charge in [0, 0.05) is 69.8 Å². The fraction of sp³-hybridized carbons (Fsp3) is 0.400. The molecule has 0 unspecified atom stereocenters. The number of rotatable bonds is 20. The Labute approximate surface area is 423 Å². The number of anilines is 2. The van der Waals surface area contributed by atoms with E-state index in [1.54, 1.807) is 49.1 Å². The molecule has 2 aromatic carbocycles. The highest BCUT2D eigenvalue weighted by Crippen LogP contribution is 2.30. The van der Waals surface area contributed by atoms with Crippen LogP contribution < -0.4 is 52.1 Å². The highest BCUT2D eigenvalue weighted by Gasteiger charge is 2.22. The third-order valence-electron chi connectivity index (χ3n) is 11.9. The molecule has 0 saturated carbocycles. The first-order chi connectivity index (χ1) is 35.5. The molecule has 0 radical (unpaired) electrons. The molecule has 8 rings (SSSR count). The van der Waals surface area contributed by atoms with Crippen molar-refractivity contribution in [3.05, 3.63) is 101 Å². The summed E-state index contributed by atoms with van der Waals surface area (Å²) in [6.45, 7) is 12.7. The highest BCUT2D eigenvalue weighted by atomic mass is 16.5. The van der Waals surface area contributed by atoms with E-state index in [0.29, 0.717) is 103 Å². The van der Waals surface area contributed by atoms with Gasteiger partial charge in [-0.05, 0) is 74.9 Å². The maximum atomic E-state index is 13.0. The minimum Gasteiger partial charge on any atom is -0.493 e. The van der Waals surface area contributed by atoms with Crippen LogP contribution in [-0.2, 0) is 49.9 Å². The third kappa shape index (κ3) is 11.3. The predicted molar refractivity (Wildman–Crippen MR) is 279 cm³/mol. The minimum atomic E-state index is -0.413. The zero-order valence-corrected chi connectivity index (χ0v) is 43.2. The van der Waals surface area contributed by atoms with Gasteiger partial charge in [0.25, 0.3) is 22.9 Å². The molecule has 392 valence electrons. The molecule has 6 aromatic heterocycles. The van der Waals surface area contributed by atoms with Gasteiger partial charge in [-0.3, -0.25) is 46.8 Å². The van der Waals surface area contributed by atoms with Crippen LogP contribution in [0.25, 0.3) is 45.4 Å². The molecule has 0 fully saturated rings. The number of hydrogen-bond donors (Lipinski definition) is 4. The maximum Gasteiger partial charge on any atom is 0.332 e. The number of benzene rings is 2. The molecule has 74 heavy (non-hydrogen) atoms. The van der Waals surface area contributed by atoms with E-state index in [2.05, 4.69) is 40.8 Å². The molecule has 4 N–H and O–H groups in total. The first-order valence-electron chi connectivity index (χ1n) is 24.2. The number of amides is 2. The number of nitrogens with zero attached hydrogens (tertiary/aromatic N) is 10. The lowest BCUT2D eigenvalue weighted by Gasteiger charge is -2.10. The normalized spacial score (nSPS) is 11.2. The number of hydrogen-bond acceptors (Lipinski definition) is 14. The number of H-pyrrole nitrogens is 2. The van der Waals surface area contributed by atoms with E-state index in [4.69, 9.17) is 18.9 Å². The lowest BCUT2D eigenvalue weighted by atomic mass is 10.1. The first-order valence-corrected chi connectivity index (χ1v) is 24.2. The quantitative estimate of drug-likeness (QED) is 0.0792. The van der Waals surface area contributed by atoms with E-state index in [1.165, 1.54) is 37.2 Å². The number of ether oxygens (including phenoxy) is 4. The summed E-state index contributed by atoms with van der Waals surface area (Å²) in [7, 11) is 6.44. The van der Waals surface area contributed by atoms with Crippen molar-refractivity contribution < 1.29 is 28.5 Å². The van der Waals surface area contributed by atoms with Gasteiger partial charge in [-0.1, -0.05) is 33.8 Å². The first kappa shape index (κ1) is 53.1. The number of carbonyl (C=O) groups excluding carboxylic acids is 2. The number of nitrogens with one attached hydrogen (secondary N) is 4. The van der Waals surface area contributed by atoms with Crippen LogP contribution in [0.4, 0.5) is 11.4 Å². The zero-order chi connectivity index (χ0) is 53.4. The smallest absolute Gasteiger partial charge is 0.332 e. The second-order valence-electron chi connectivity index (χ2n) is 17.4. The number of aryl methyl sites for hydroxylation is 6. The molecule has 0 aliphatic heterocycles. The van der Waals surface area contributed by atoms with Crippen molar-refractivity contribution in [2.24, 2.45) is 14.1 Å². The molecular formula is C50H62N14O10.